The van der Waals surface area contributed by atoms with Crippen LogP contribution in [0.15, 0.2) is 18.5 Å². The van der Waals surface area contributed by atoms with E-state index in [4.69, 9.17) is 0 Å². The van der Waals surface area contributed by atoms with E-state index >= 15 is 0 Å². The third-order valence-electron chi connectivity index (χ3n) is 5.71. The Bertz CT molecular complexity index is 475. The van der Waals surface area contributed by atoms with Gasteiger partial charge in [-0.15, -0.1) is 0 Å². The summed E-state index contributed by atoms with van der Waals surface area (Å²) >= 11 is 0. The molecule has 0 radical (unpaired) electrons. The summed E-state index contributed by atoms with van der Waals surface area (Å²) in [7, 11) is 0. The smallest absolute Gasteiger partial charge is 0.0313 e. The van der Waals surface area contributed by atoms with Crippen LogP contribution in [0.2, 0.25) is 0 Å². The molecule has 0 amide bonds. The molecule has 2 aliphatic carbocycles. The molecule has 2 bridgehead atoms. The molecular formula is C17H26N2. The second-order valence-corrected chi connectivity index (χ2v) is 7.60. The summed E-state index contributed by atoms with van der Waals surface area (Å²) in [5.41, 5.74) is 3.50. The Labute approximate surface area is 117 Å². The Kier molecular flexibility index (Phi) is 2.97. The molecule has 3 atom stereocenters. The number of aromatic nitrogens is 1. The third kappa shape index (κ3) is 2.10. The Morgan fingerprint density at radius 2 is 2.11 bits per heavy atom. The van der Waals surface area contributed by atoms with Gasteiger partial charge in [0.05, 0.1) is 0 Å². The molecule has 1 aromatic rings. The van der Waals surface area contributed by atoms with Gasteiger partial charge in [0.1, 0.15) is 0 Å². The number of nitrogens with zero attached hydrogens (tertiary/aromatic N) is 1. The Hall–Kier alpha value is -0.890. The van der Waals surface area contributed by atoms with E-state index in [0.717, 1.165) is 12.5 Å². The van der Waals surface area contributed by atoms with Gasteiger partial charge in [-0.05, 0) is 54.1 Å². The number of nitrogens with one attached hydrogen (secondary N) is 1. The van der Waals surface area contributed by atoms with E-state index in [-0.39, 0.29) is 0 Å². The molecule has 19 heavy (non-hydrogen) atoms. The van der Waals surface area contributed by atoms with Gasteiger partial charge in [0.15, 0.2) is 0 Å². The van der Waals surface area contributed by atoms with Crippen LogP contribution in [0.4, 0.5) is 0 Å². The minimum absolute atomic E-state index is 0.435. The Balaban J connectivity index is 1.73. The van der Waals surface area contributed by atoms with Crippen LogP contribution in [0.5, 0.6) is 0 Å². The fourth-order valence-corrected chi connectivity index (χ4v) is 4.75. The highest BCUT2D eigenvalue weighted by atomic mass is 15.0. The molecule has 1 heterocycles. The van der Waals surface area contributed by atoms with Gasteiger partial charge in [-0.2, -0.15) is 0 Å². The van der Waals surface area contributed by atoms with E-state index < -0.39 is 0 Å². The molecule has 3 rings (SSSR count). The summed E-state index contributed by atoms with van der Waals surface area (Å²) in [6.45, 7) is 10.4. The zero-order chi connectivity index (χ0) is 13.7. The largest absolute Gasteiger partial charge is 0.309 e. The maximum absolute atomic E-state index is 4.29. The van der Waals surface area contributed by atoms with Crippen LogP contribution in [0.25, 0.3) is 0 Å². The molecule has 2 saturated carbocycles. The minimum atomic E-state index is 0.435. The van der Waals surface area contributed by atoms with Crippen molar-refractivity contribution in [3.05, 3.63) is 29.6 Å². The SMILES string of the molecule is Cc1cncc(CNC2C3(C)CCC(C3)C2(C)C)c1. The summed E-state index contributed by atoms with van der Waals surface area (Å²) in [6.07, 6.45) is 8.14. The van der Waals surface area contributed by atoms with E-state index in [0.29, 0.717) is 16.9 Å². The molecule has 3 unspecified atom stereocenters. The second kappa shape index (κ2) is 4.31. The zero-order valence-electron chi connectivity index (χ0n) is 12.7. The molecule has 2 aliphatic rings. The number of fused-ring (bicyclic) bond motifs is 2. The van der Waals surface area contributed by atoms with E-state index in [1.54, 1.807) is 0 Å². The number of aryl methyl sites for hydroxylation is 1. The van der Waals surface area contributed by atoms with Crippen LogP contribution < -0.4 is 5.32 Å². The van der Waals surface area contributed by atoms with Crippen LogP contribution in [0, 0.1) is 23.7 Å². The van der Waals surface area contributed by atoms with Crippen molar-refractivity contribution in [2.75, 3.05) is 0 Å². The number of rotatable bonds is 3. The van der Waals surface area contributed by atoms with Gasteiger partial charge in [0.2, 0.25) is 0 Å². The van der Waals surface area contributed by atoms with Crippen LogP contribution in [0.3, 0.4) is 0 Å². The fraction of sp³-hybridized carbons (Fsp3) is 0.706. The molecular weight excluding hydrogens is 232 g/mol. The predicted octanol–water partition coefficient (Wildman–Crippen LogP) is 3.69. The molecule has 0 saturated heterocycles. The lowest BCUT2D eigenvalue weighted by atomic mass is 9.68. The first-order valence-electron chi connectivity index (χ1n) is 7.56. The highest BCUT2D eigenvalue weighted by molar-refractivity contribution is 5.18. The van der Waals surface area contributed by atoms with Crippen LogP contribution >= 0.6 is 0 Å². The molecule has 1 N–H and O–H groups in total. The molecule has 0 spiro atoms. The fourth-order valence-electron chi connectivity index (χ4n) is 4.75. The predicted molar refractivity (Wildman–Crippen MR) is 78.8 cm³/mol. The average Bonchev–Trinajstić information content (AvgIpc) is 2.80. The summed E-state index contributed by atoms with van der Waals surface area (Å²) in [5.74, 6) is 0.908. The first kappa shape index (κ1) is 13.1. The van der Waals surface area contributed by atoms with Crippen molar-refractivity contribution in [3.63, 3.8) is 0 Å². The van der Waals surface area contributed by atoms with Crippen molar-refractivity contribution in [2.45, 2.75) is 59.5 Å². The van der Waals surface area contributed by atoms with Crippen LogP contribution in [-0.4, -0.2) is 11.0 Å². The maximum Gasteiger partial charge on any atom is 0.0313 e. The number of hydrogen-bond acceptors (Lipinski definition) is 2. The molecule has 104 valence electrons. The standard InChI is InChI=1S/C17H26N2/c1-12-7-13(10-18-9-12)11-19-15-16(2,3)14-5-6-17(15,4)8-14/h7,9-10,14-15,19H,5-6,8,11H2,1-4H3. The van der Waals surface area contributed by atoms with Gasteiger partial charge < -0.3 is 5.32 Å². The Morgan fingerprint density at radius 1 is 1.32 bits per heavy atom. The van der Waals surface area contributed by atoms with E-state index in [2.05, 4.69) is 44.1 Å². The summed E-state index contributed by atoms with van der Waals surface area (Å²) in [5, 5.41) is 3.85. The van der Waals surface area contributed by atoms with Crippen molar-refractivity contribution in [2.24, 2.45) is 16.7 Å². The van der Waals surface area contributed by atoms with Crippen LogP contribution in [-0.2, 0) is 6.54 Å². The third-order valence-corrected chi connectivity index (χ3v) is 5.71. The van der Waals surface area contributed by atoms with Gasteiger partial charge >= 0.3 is 0 Å². The van der Waals surface area contributed by atoms with Crippen LogP contribution in [0.1, 0.15) is 51.2 Å². The van der Waals surface area contributed by atoms with Gasteiger partial charge in [-0.25, -0.2) is 0 Å². The molecule has 1 aromatic heterocycles. The summed E-state index contributed by atoms with van der Waals surface area (Å²) in [6, 6.07) is 2.88. The molecule has 0 aromatic carbocycles. The monoisotopic (exact) mass is 258 g/mol. The molecule has 0 aliphatic heterocycles. The topological polar surface area (TPSA) is 24.9 Å². The quantitative estimate of drug-likeness (QED) is 0.894. The van der Waals surface area contributed by atoms with Gasteiger partial charge in [-0.1, -0.05) is 26.8 Å². The van der Waals surface area contributed by atoms with Gasteiger partial charge in [-0.3, -0.25) is 4.98 Å². The van der Waals surface area contributed by atoms with Crippen molar-refractivity contribution >= 4 is 0 Å². The van der Waals surface area contributed by atoms with Crippen molar-refractivity contribution < 1.29 is 0 Å². The lowest BCUT2D eigenvalue weighted by molar-refractivity contribution is 0.108. The van der Waals surface area contributed by atoms with E-state index in [1.807, 2.05) is 12.4 Å². The maximum atomic E-state index is 4.29. The minimum Gasteiger partial charge on any atom is -0.309 e. The molecule has 2 fully saturated rings. The first-order valence-corrected chi connectivity index (χ1v) is 7.56. The lowest BCUT2D eigenvalue weighted by Crippen LogP contribution is -2.49. The Morgan fingerprint density at radius 3 is 2.74 bits per heavy atom. The summed E-state index contributed by atoms with van der Waals surface area (Å²) < 4.78 is 0. The normalized spacial score (nSPS) is 35.8. The lowest BCUT2D eigenvalue weighted by Gasteiger charge is -2.43. The van der Waals surface area contributed by atoms with E-state index in [9.17, 15) is 0 Å². The van der Waals surface area contributed by atoms with Crippen molar-refractivity contribution in [1.29, 1.82) is 0 Å². The van der Waals surface area contributed by atoms with Crippen molar-refractivity contribution in [1.82, 2.24) is 10.3 Å². The van der Waals surface area contributed by atoms with E-state index in [1.165, 1.54) is 30.4 Å². The molecule has 2 heteroatoms. The summed E-state index contributed by atoms with van der Waals surface area (Å²) in [4.78, 5) is 4.29. The zero-order valence-corrected chi connectivity index (χ0v) is 12.7. The number of pyridine rings is 1. The number of hydrogen-bond donors (Lipinski definition) is 1. The highest BCUT2D eigenvalue weighted by Crippen LogP contribution is 2.62. The average molecular weight is 258 g/mol. The van der Waals surface area contributed by atoms with Crippen molar-refractivity contribution in [3.8, 4) is 0 Å². The highest BCUT2D eigenvalue weighted by Gasteiger charge is 2.58. The first-order chi connectivity index (χ1) is 8.92. The molecule has 2 nitrogen and oxygen atoms in total. The van der Waals surface area contributed by atoms with Gasteiger partial charge in [0.25, 0.3) is 0 Å². The van der Waals surface area contributed by atoms with Gasteiger partial charge in [0, 0.05) is 25.0 Å². The second-order valence-electron chi connectivity index (χ2n) is 7.60.